The highest BCUT2D eigenvalue weighted by atomic mass is 14.6. The Morgan fingerprint density at radius 2 is 2.38 bits per heavy atom. The van der Waals surface area contributed by atoms with Crippen molar-refractivity contribution in [2.75, 3.05) is 0 Å². The first-order valence-electron chi connectivity index (χ1n) is 2.88. The van der Waals surface area contributed by atoms with E-state index in [9.17, 15) is 0 Å². The Kier molecular flexibility index (Phi) is 3.62. The van der Waals surface area contributed by atoms with E-state index >= 15 is 0 Å². The first-order chi connectivity index (χ1) is 3.72. The second-order valence-corrected chi connectivity index (χ2v) is 1.88. The zero-order valence-electron chi connectivity index (χ0n) is 5.52. The molecule has 0 rings (SSSR count). The second-order valence-electron chi connectivity index (χ2n) is 1.88. The summed E-state index contributed by atoms with van der Waals surface area (Å²) in [7, 11) is 5.24. The molecule has 2 radical (unpaired) electrons. The van der Waals surface area contributed by atoms with Gasteiger partial charge in [-0.3, -0.25) is 0 Å². The molecule has 0 fully saturated rings. The molecule has 0 aromatic rings. The number of hydrogen-bond donors (Lipinski definition) is 1. The fraction of sp³-hybridized carbons (Fsp3) is 0.667. The van der Waals surface area contributed by atoms with Crippen LogP contribution in [0.2, 0.25) is 0 Å². The summed E-state index contributed by atoms with van der Waals surface area (Å²) in [6, 6.07) is 0.116. The van der Waals surface area contributed by atoms with Crippen LogP contribution in [0.5, 0.6) is 0 Å². The lowest BCUT2D eigenvalue weighted by Gasteiger charge is -2.06. The van der Waals surface area contributed by atoms with Crippen LogP contribution in [0, 0.1) is 0 Å². The zero-order valence-corrected chi connectivity index (χ0v) is 5.52. The normalized spacial score (nSPS) is 16.1. The molecule has 8 heavy (non-hydrogen) atoms. The predicted octanol–water partition coefficient (Wildman–Crippen LogP) is 0.796. The highest BCUT2D eigenvalue weighted by Gasteiger charge is 1.95. The van der Waals surface area contributed by atoms with Crippen LogP contribution in [0.3, 0.4) is 0 Å². The quantitative estimate of drug-likeness (QED) is 0.521. The number of rotatable bonds is 2. The average molecular weight is 109 g/mol. The Morgan fingerprint density at radius 1 is 1.88 bits per heavy atom. The van der Waals surface area contributed by atoms with Crippen molar-refractivity contribution in [2.45, 2.75) is 26.3 Å². The van der Waals surface area contributed by atoms with Gasteiger partial charge in [-0.1, -0.05) is 12.5 Å². The molecule has 0 aliphatic rings. The molecule has 0 saturated heterocycles. The van der Waals surface area contributed by atoms with Crippen LogP contribution in [0.15, 0.2) is 11.5 Å². The first-order valence-corrected chi connectivity index (χ1v) is 2.88. The minimum atomic E-state index is 0.116. The molecule has 0 heterocycles. The van der Waals surface area contributed by atoms with Crippen molar-refractivity contribution in [1.29, 1.82) is 0 Å². The van der Waals surface area contributed by atoms with Gasteiger partial charge in [0.2, 0.25) is 0 Å². The third-order valence-electron chi connectivity index (χ3n) is 1.21. The van der Waals surface area contributed by atoms with Gasteiger partial charge in [-0.15, -0.1) is 5.98 Å². The molecule has 0 spiro atoms. The summed E-state index contributed by atoms with van der Waals surface area (Å²) in [6.45, 7) is 3.98. The van der Waals surface area contributed by atoms with E-state index in [4.69, 9.17) is 13.6 Å². The monoisotopic (exact) mass is 109 g/mol. The van der Waals surface area contributed by atoms with Gasteiger partial charge in [0, 0.05) is 6.04 Å². The molecule has 0 saturated carbocycles. The van der Waals surface area contributed by atoms with Gasteiger partial charge in [-0.2, -0.15) is 0 Å². The minimum absolute atomic E-state index is 0.116. The van der Waals surface area contributed by atoms with Gasteiger partial charge in [0.1, 0.15) is 7.85 Å². The van der Waals surface area contributed by atoms with Crippen molar-refractivity contribution in [3.05, 3.63) is 11.5 Å². The van der Waals surface area contributed by atoms with E-state index in [1.807, 2.05) is 13.8 Å². The molecule has 0 amide bonds. The minimum Gasteiger partial charge on any atom is -0.324 e. The summed E-state index contributed by atoms with van der Waals surface area (Å²) in [4.78, 5) is 0. The van der Waals surface area contributed by atoms with E-state index in [-0.39, 0.29) is 6.04 Å². The fourth-order valence-corrected chi connectivity index (χ4v) is 0.592. The second kappa shape index (κ2) is 3.73. The van der Waals surface area contributed by atoms with Crippen molar-refractivity contribution >= 4 is 7.85 Å². The first kappa shape index (κ1) is 7.76. The smallest absolute Gasteiger partial charge is 0.102 e. The summed E-state index contributed by atoms with van der Waals surface area (Å²) >= 11 is 0. The van der Waals surface area contributed by atoms with Gasteiger partial charge in [0.05, 0.1) is 0 Å². The SMILES string of the molecule is [B]/C=C(\CC)C(C)N. The molecular formula is C6H12BN. The Balaban J connectivity index is 3.72. The third kappa shape index (κ3) is 2.17. The van der Waals surface area contributed by atoms with Crippen molar-refractivity contribution in [3.63, 3.8) is 0 Å². The largest absolute Gasteiger partial charge is 0.324 e. The van der Waals surface area contributed by atoms with Crippen molar-refractivity contribution < 1.29 is 0 Å². The molecule has 1 atom stereocenters. The van der Waals surface area contributed by atoms with Crippen LogP contribution in [0.25, 0.3) is 0 Å². The maximum Gasteiger partial charge on any atom is 0.102 e. The summed E-state index contributed by atoms with van der Waals surface area (Å²) in [6.07, 6.45) is 0.953. The molecule has 0 aromatic heterocycles. The van der Waals surface area contributed by atoms with Gasteiger partial charge in [-0.25, -0.2) is 0 Å². The molecule has 0 aliphatic carbocycles. The molecule has 2 N–H and O–H groups in total. The molecule has 1 unspecified atom stereocenters. The molecule has 0 aliphatic heterocycles. The van der Waals surface area contributed by atoms with Crippen LogP contribution in [0.1, 0.15) is 20.3 Å². The highest BCUT2D eigenvalue weighted by molar-refractivity contribution is 6.17. The van der Waals surface area contributed by atoms with Crippen LogP contribution in [-0.4, -0.2) is 13.9 Å². The van der Waals surface area contributed by atoms with E-state index in [1.165, 1.54) is 0 Å². The van der Waals surface area contributed by atoms with Crippen LogP contribution in [0.4, 0.5) is 0 Å². The van der Waals surface area contributed by atoms with E-state index in [0.29, 0.717) is 0 Å². The van der Waals surface area contributed by atoms with Crippen LogP contribution >= 0.6 is 0 Å². The lowest BCUT2D eigenvalue weighted by Crippen LogP contribution is -2.17. The standard InChI is InChI=1S/C6H12BN/c1-3-6(4-7)5(2)8/h4-5H,3,8H2,1-2H3/b6-4+. The molecule has 2 heteroatoms. The topological polar surface area (TPSA) is 26.0 Å². The summed E-state index contributed by atoms with van der Waals surface area (Å²) in [5.74, 6) is 1.59. The third-order valence-corrected chi connectivity index (χ3v) is 1.21. The van der Waals surface area contributed by atoms with Gasteiger partial charge in [0.15, 0.2) is 0 Å². The van der Waals surface area contributed by atoms with Crippen LogP contribution in [-0.2, 0) is 0 Å². The summed E-state index contributed by atoms with van der Waals surface area (Å²) in [5.41, 5.74) is 6.63. The molecule has 1 nitrogen and oxygen atoms in total. The molecule has 0 bridgehead atoms. The lowest BCUT2D eigenvalue weighted by atomic mass is 9.98. The lowest BCUT2D eigenvalue weighted by molar-refractivity contribution is 0.817. The molecule has 44 valence electrons. The molecule has 0 aromatic carbocycles. The highest BCUT2D eigenvalue weighted by Crippen LogP contribution is 2.01. The van der Waals surface area contributed by atoms with Gasteiger partial charge in [-0.05, 0) is 13.3 Å². The number of nitrogens with two attached hydrogens (primary N) is 1. The van der Waals surface area contributed by atoms with Crippen molar-refractivity contribution in [2.24, 2.45) is 5.73 Å². The van der Waals surface area contributed by atoms with Gasteiger partial charge < -0.3 is 5.73 Å². The Hall–Kier alpha value is -0.235. The van der Waals surface area contributed by atoms with Crippen molar-refractivity contribution in [3.8, 4) is 0 Å². The Labute approximate surface area is 52.4 Å². The van der Waals surface area contributed by atoms with E-state index in [1.54, 1.807) is 5.98 Å². The average Bonchev–Trinajstić information content (AvgIpc) is 1.69. The maximum absolute atomic E-state index is 5.51. The molecular weight excluding hydrogens is 96.9 g/mol. The Bertz CT molecular complexity index is 86.5. The van der Waals surface area contributed by atoms with Crippen LogP contribution < -0.4 is 5.73 Å². The van der Waals surface area contributed by atoms with E-state index < -0.39 is 0 Å². The number of hydrogen-bond acceptors (Lipinski definition) is 1. The van der Waals surface area contributed by atoms with Gasteiger partial charge >= 0.3 is 0 Å². The summed E-state index contributed by atoms with van der Waals surface area (Å²) < 4.78 is 0. The van der Waals surface area contributed by atoms with E-state index in [0.717, 1.165) is 12.0 Å². The van der Waals surface area contributed by atoms with Crippen molar-refractivity contribution in [1.82, 2.24) is 0 Å². The summed E-state index contributed by atoms with van der Waals surface area (Å²) in [5, 5.41) is 0. The Morgan fingerprint density at radius 3 is 2.38 bits per heavy atom. The fourth-order valence-electron chi connectivity index (χ4n) is 0.592. The maximum atomic E-state index is 5.51. The zero-order chi connectivity index (χ0) is 6.57. The van der Waals surface area contributed by atoms with E-state index in [2.05, 4.69) is 0 Å². The predicted molar refractivity (Wildman–Crippen MR) is 37.8 cm³/mol. The van der Waals surface area contributed by atoms with Gasteiger partial charge in [0.25, 0.3) is 0 Å².